The van der Waals surface area contributed by atoms with Crippen LogP contribution in [-0.4, -0.2) is 87.0 Å². The average Bonchev–Trinajstić information content (AvgIpc) is 3.56. The van der Waals surface area contributed by atoms with Crippen LogP contribution in [0.1, 0.15) is 56.9 Å². The molecule has 3 aliphatic heterocycles. The standard InChI is InChI=1S/C29H43N5O4/c1-4-6-13-33(14-7-11-30)28(35)18-34-17-24(21-15-26(36-3)29-27(16-21)37-20-38-29)23(5-2)25(34)9-8-22-10-12-31-19-32-22/h5,12,15-16,19,22-25H,2,4,6-11,13-14,17-18,20,30H2,1,3H3/t22?,23-,24-,25+/m1/s1. The Bertz CT molecular complexity index is 1000. The molecule has 0 aromatic heterocycles. The van der Waals surface area contributed by atoms with Crippen molar-refractivity contribution in [1.82, 2.24) is 9.80 Å². The summed E-state index contributed by atoms with van der Waals surface area (Å²) in [6.45, 7) is 9.78. The zero-order valence-corrected chi connectivity index (χ0v) is 22.9. The number of carbonyl (C=O) groups is 1. The Labute approximate surface area is 226 Å². The number of likely N-dealkylation sites (tertiary alicyclic amines) is 1. The molecular weight excluding hydrogens is 482 g/mol. The van der Waals surface area contributed by atoms with Gasteiger partial charge in [-0.05, 0) is 49.9 Å². The lowest BCUT2D eigenvalue weighted by Crippen LogP contribution is -2.44. The van der Waals surface area contributed by atoms with Gasteiger partial charge in [0.2, 0.25) is 18.4 Å². The van der Waals surface area contributed by atoms with Crippen molar-refractivity contribution < 1.29 is 19.0 Å². The average molecular weight is 526 g/mol. The smallest absolute Gasteiger partial charge is 0.236 e. The number of unbranched alkanes of at least 4 members (excludes halogenated alkanes) is 1. The van der Waals surface area contributed by atoms with Crippen LogP contribution in [0.4, 0.5) is 0 Å². The maximum Gasteiger partial charge on any atom is 0.236 e. The van der Waals surface area contributed by atoms with Crippen LogP contribution < -0.4 is 19.9 Å². The number of amides is 1. The van der Waals surface area contributed by atoms with Crippen molar-refractivity contribution in [2.24, 2.45) is 21.6 Å². The molecule has 1 aromatic carbocycles. The summed E-state index contributed by atoms with van der Waals surface area (Å²) >= 11 is 0. The zero-order chi connectivity index (χ0) is 26.9. The molecular formula is C29H43N5O4. The summed E-state index contributed by atoms with van der Waals surface area (Å²) < 4.78 is 17.0. The van der Waals surface area contributed by atoms with Gasteiger partial charge in [-0.2, -0.15) is 0 Å². The van der Waals surface area contributed by atoms with Crippen LogP contribution in [0, 0.1) is 5.92 Å². The van der Waals surface area contributed by atoms with Crippen LogP contribution in [0.25, 0.3) is 0 Å². The number of hydrogen-bond donors (Lipinski definition) is 1. The summed E-state index contributed by atoms with van der Waals surface area (Å²) in [4.78, 5) is 26.6. The van der Waals surface area contributed by atoms with Crippen molar-refractivity contribution in [2.45, 2.75) is 63.5 Å². The summed E-state index contributed by atoms with van der Waals surface area (Å²) in [5.74, 6) is 2.52. The zero-order valence-electron chi connectivity index (χ0n) is 22.9. The number of rotatable bonds is 14. The van der Waals surface area contributed by atoms with Crippen LogP contribution in [-0.2, 0) is 4.79 Å². The first-order valence-corrected chi connectivity index (χ1v) is 13.9. The maximum absolute atomic E-state index is 13.6. The second-order valence-electron chi connectivity index (χ2n) is 10.3. The van der Waals surface area contributed by atoms with Crippen molar-refractivity contribution in [3.63, 3.8) is 0 Å². The highest BCUT2D eigenvalue weighted by molar-refractivity contribution is 5.78. The van der Waals surface area contributed by atoms with Crippen molar-refractivity contribution in [2.75, 3.05) is 46.6 Å². The largest absolute Gasteiger partial charge is 0.493 e. The third kappa shape index (κ3) is 6.56. The lowest BCUT2D eigenvalue weighted by molar-refractivity contribution is -0.132. The van der Waals surface area contributed by atoms with E-state index in [2.05, 4.69) is 40.5 Å². The number of aliphatic imine (C=N–C) groups is 2. The van der Waals surface area contributed by atoms with Crippen LogP contribution in [0.5, 0.6) is 17.2 Å². The number of benzene rings is 1. The second-order valence-corrected chi connectivity index (χ2v) is 10.3. The van der Waals surface area contributed by atoms with E-state index < -0.39 is 0 Å². The molecule has 9 nitrogen and oxygen atoms in total. The van der Waals surface area contributed by atoms with Gasteiger partial charge in [0.15, 0.2) is 11.5 Å². The molecule has 3 aliphatic rings. The minimum atomic E-state index is 0.151. The Morgan fingerprint density at radius 3 is 2.84 bits per heavy atom. The number of fused-ring (bicyclic) bond motifs is 1. The Balaban J connectivity index is 1.57. The molecule has 1 unspecified atom stereocenters. The quantitative estimate of drug-likeness (QED) is 0.372. The number of hydrogen-bond acceptors (Lipinski definition) is 8. The molecule has 0 aliphatic carbocycles. The number of methoxy groups -OCH3 is 1. The van der Waals surface area contributed by atoms with E-state index in [-0.39, 0.29) is 36.6 Å². The normalized spacial score (nSPS) is 24.1. The van der Waals surface area contributed by atoms with Crippen LogP contribution in [0.2, 0.25) is 0 Å². The Morgan fingerprint density at radius 2 is 2.13 bits per heavy atom. The van der Waals surface area contributed by atoms with Gasteiger partial charge in [0.1, 0.15) is 6.34 Å². The van der Waals surface area contributed by atoms with E-state index in [1.165, 1.54) is 0 Å². The lowest BCUT2D eigenvalue weighted by atomic mass is 9.83. The van der Waals surface area contributed by atoms with Gasteiger partial charge in [0, 0.05) is 50.1 Å². The fourth-order valence-electron chi connectivity index (χ4n) is 5.84. The summed E-state index contributed by atoms with van der Waals surface area (Å²) in [6.07, 6.45) is 11.2. The number of ether oxygens (including phenoxy) is 3. The Morgan fingerprint density at radius 1 is 1.29 bits per heavy atom. The highest BCUT2D eigenvalue weighted by atomic mass is 16.7. The molecule has 1 aromatic rings. The van der Waals surface area contributed by atoms with Crippen LogP contribution in [0.15, 0.2) is 34.8 Å². The van der Waals surface area contributed by atoms with Gasteiger partial charge >= 0.3 is 0 Å². The van der Waals surface area contributed by atoms with Gasteiger partial charge in [-0.3, -0.25) is 14.7 Å². The fourth-order valence-corrected chi connectivity index (χ4v) is 5.84. The molecule has 1 saturated heterocycles. The molecule has 3 heterocycles. The number of carbonyl (C=O) groups excluding carboxylic acids is 1. The lowest BCUT2D eigenvalue weighted by Gasteiger charge is -2.30. The van der Waals surface area contributed by atoms with E-state index in [0.717, 1.165) is 57.2 Å². The van der Waals surface area contributed by atoms with Crippen LogP contribution in [0.3, 0.4) is 0 Å². The topological polar surface area (TPSA) is 102 Å². The molecule has 0 saturated carbocycles. The van der Waals surface area contributed by atoms with Crippen molar-refractivity contribution in [3.8, 4) is 17.2 Å². The first-order valence-electron chi connectivity index (χ1n) is 13.9. The molecule has 4 rings (SSSR count). The molecule has 0 bridgehead atoms. The molecule has 2 N–H and O–H groups in total. The molecule has 1 amide bonds. The van der Waals surface area contributed by atoms with Gasteiger partial charge in [0.25, 0.3) is 0 Å². The van der Waals surface area contributed by atoms with Gasteiger partial charge in [-0.15, -0.1) is 6.58 Å². The Kier molecular flexibility index (Phi) is 10.2. The van der Waals surface area contributed by atoms with E-state index in [1.54, 1.807) is 13.4 Å². The molecule has 208 valence electrons. The number of nitrogens with two attached hydrogens (primary N) is 1. The molecule has 0 radical (unpaired) electrons. The van der Waals surface area contributed by atoms with Gasteiger partial charge in [-0.1, -0.05) is 19.4 Å². The van der Waals surface area contributed by atoms with Gasteiger partial charge in [0.05, 0.1) is 19.7 Å². The highest BCUT2D eigenvalue weighted by Gasteiger charge is 2.42. The highest BCUT2D eigenvalue weighted by Crippen LogP contribution is 2.47. The van der Waals surface area contributed by atoms with Crippen molar-refractivity contribution in [3.05, 3.63) is 30.4 Å². The third-order valence-corrected chi connectivity index (χ3v) is 7.92. The first-order chi connectivity index (χ1) is 18.6. The second kappa shape index (κ2) is 13.8. The van der Waals surface area contributed by atoms with E-state index in [0.29, 0.717) is 36.9 Å². The third-order valence-electron chi connectivity index (χ3n) is 7.92. The maximum atomic E-state index is 13.6. The predicted octanol–water partition coefficient (Wildman–Crippen LogP) is 3.62. The van der Waals surface area contributed by atoms with Crippen molar-refractivity contribution in [1.29, 1.82) is 0 Å². The molecule has 9 heteroatoms. The van der Waals surface area contributed by atoms with E-state index in [4.69, 9.17) is 19.9 Å². The molecule has 4 atom stereocenters. The molecule has 1 fully saturated rings. The first kappa shape index (κ1) is 28.1. The summed E-state index contributed by atoms with van der Waals surface area (Å²) in [5, 5.41) is 0. The fraction of sp³-hybridized carbons (Fsp3) is 0.621. The SMILES string of the molecule is C=C[C@@H]1[C@@H](c2cc(OC)c3c(c2)OCO3)CN(CC(=O)N(CCCC)CCCN)[C@H]1CCC1CC=NC=N1. The predicted molar refractivity (Wildman–Crippen MR) is 151 cm³/mol. The summed E-state index contributed by atoms with van der Waals surface area (Å²) in [5.41, 5.74) is 6.89. The van der Waals surface area contributed by atoms with E-state index in [9.17, 15) is 4.79 Å². The summed E-state index contributed by atoms with van der Waals surface area (Å²) in [7, 11) is 1.65. The van der Waals surface area contributed by atoms with Crippen LogP contribution >= 0.6 is 0 Å². The van der Waals surface area contributed by atoms with E-state index in [1.807, 2.05) is 17.2 Å². The molecule has 38 heavy (non-hydrogen) atoms. The minimum Gasteiger partial charge on any atom is -0.493 e. The van der Waals surface area contributed by atoms with E-state index >= 15 is 0 Å². The molecule has 0 spiro atoms. The monoisotopic (exact) mass is 525 g/mol. The van der Waals surface area contributed by atoms with Gasteiger partial charge < -0.3 is 24.8 Å². The Hall–Kier alpha value is -2.91. The number of nitrogens with zero attached hydrogens (tertiary/aromatic N) is 4. The van der Waals surface area contributed by atoms with Gasteiger partial charge in [-0.25, -0.2) is 4.99 Å². The van der Waals surface area contributed by atoms with Crippen molar-refractivity contribution >= 4 is 18.5 Å². The minimum absolute atomic E-state index is 0.151. The summed E-state index contributed by atoms with van der Waals surface area (Å²) in [6, 6.07) is 4.51.